The second-order valence-corrected chi connectivity index (χ2v) is 5.03. The Labute approximate surface area is 122 Å². The first-order chi connectivity index (χ1) is 10.1. The first-order valence-corrected chi connectivity index (χ1v) is 6.70. The molecule has 3 rings (SSSR count). The van der Waals surface area contributed by atoms with Gasteiger partial charge in [-0.25, -0.2) is 4.39 Å². The molecule has 0 aromatic heterocycles. The molecular formula is C16H16FNO3. The van der Waals surface area contributed by atoms with Crippen LogP contribution in [0.3, 0.4) is 0 Å². The summed E-state index contributed by atoms with van der Waals surface area (Å²) in [6.45, 7) is 2.31. The van der Waals surface area contributed by atoms with Crippen LogP contribution in [-0.2, 0) is 0 Å². The lowest BCUT2D eigenvalue weighted by Gasteiger charge is -2.14. The average Bonchev–Trinajstić information content (AvgIpc) is 2.91. The first kappa shape index (κ1) is 13.7. The fourth-order valence-corrected chi connectivity index (χ4v) is 2.29. The van der Waals surface area contributed by atoms with Gasteiger partial charge in [0, 0.05) is 12.2 Å². The minimum Gasteiger partial charge on any atom is -0.454 e. The highest BCUT2D eigenvalue weighted by Crippen LogP contribution is 2.34. The van der Waals surface area contributed by atoms with Crippen molar-refractivity contribution < 1.29 is 19.0 Å². The summed E-state index contributed by atoms with van der Waals surface area (Å²) < 4.78 is 23.8. The number of anilines is 1. The van der Waals surface area contributed by atoms with E-state index in [0.717, 1.165) is 11.1 Å². The standard InChI is InChI=1S/C16H16FNO3/c1-10-4-12(17)7-13(5-10)18-8-14(19)11-2-3-15-16(6-11)21-9-20-15/h2-7,14,18-19H,8-9H2,1H3. The lowest BCUT2D eigenvalue weighted by atomic mass is 10.1. The van der Waals surface area contributed by atoms with Crippen molar-refractivity contribution in [3.8, 4) is 11.5 Å². The third kappa shape index (κ3) is 3.08. The van der Waals surface area contributed by atoms with E-state index in [1.165, 1.54) is 12.1 Å². The van der Waals surface area contributed by atoms with Crippen LogP contribution in [-0.4, -0.2) is 18.4 Å². The lowest BCUT2D eigenvalue weighted by molar-refractivity contribution is 0.173. The predicted octanol–water partition coefficient (Wildman–Crippen LogP) is 3.01. The van der Waals surface area contributed by atoms with E-state index in [0.29, 0.717) is 17.2 Å². The molecule has 2 aromatic rings. The van der Waals surface area contributed by atoms with E-state index in [1.54, 1.807) is 18.2 Å². The van der Waals surface area contributed by atoms with Gasteiger partial charge in [0.2, 0.25) is 6.79 Å². The highest BCUT2D eigenvalue weighted by Gasteiger charge is 2.16. The number of rotatable bonds is 4. The van der Waals surface area contributed by atoms with Crippen LogP contribution in [0.4, 0.5) is 10.1 Å². The molecule has 1 heterocycles. The van der Waals surface area contributed by atoms with Crippen LogP contribution >= 0.6 is 0 Å². The molecule has 110 valence electrons. The predicted molar refractivity (Wildman–Crippen MR) is 77.2 cm³/mol. The normalized spacial score (nSPS) is 14.0. The SMILES string of the molecule is Cc1cc(F)cc(NCC(O)c2ccc3c(c2)OCO3)c1. The Kier molecular flexibility index (Phi) is 3.66. The topological polar surface area (TPSA) is 50.7 Å². The van der Waals surface area contributed by atoms with Crippen molar-refractivity contribution in [3.63, 3.8) is 0 Å². The Hall–Kier alpha value is -2.27. The summed E-state index contributed by atoms with van der Waals surface area (Å²) in [4.78, 5) is 0. The van der Waals surface area contributed by atoms with Crippen LogP contribution in [0.5, 0.6) is 11.5 Å². The fraction of sp³-hybridized carbons (Fsp3) is 0.250. The van der Waals surface area contributed by atoms with E-state index in [9.17, 15) is 9.50 Å². The zero-order chi connectivity index (χ0) is 14.8. The van der Waals surface area contributed by atoms with Gasteiger partial charge < -0.3 is 19.9 Å². The van der Waals surface area contributed by atoms with Gasteiger partial charge in [0.15, 0.2) is 11.5 Å². The Morgan fingerprint density at radius 2 is 2.00 bits per heavy atom. The van der Waals surface area contributed by atoms with Crippen molar-refractivity contribution in [2.45, 2.75) is 13.0 Å². The summed E-state index contributed by atoms with van der Waals surface area (Å²) in [7, 11) is 0. The number of aryl methyl sites for hydroxylation is 1. The maximum Gasteiger partial charge on any atom is 0.231 e. The largest absolute Gasteiger partial charge is 0.454 e. The molecule has 0 aliphatic carbocycles. The molecule has 1 unspecified atom stereocenters. The van der Waals surface area contributed by atoms with Crippen molar-refractivity contribution in [3.05, 3.63) is 53.3 Å². The number of ether oxygens (including phenoxy) is 2. The average molecular weight is 289 g/mol. The third-order valence-corrected chi connectivity index (χ3v) is 3.32. The number of halogens is 1. The second kappa shape index (κ2) is 5.61. The van der Waals surface area contributed by atoms with Crippen LogP contribution in [0.2, 0.25) is 0 Å². The van der Waals surface area contributed by atoms with Crippen LogP contribution in [0, 0.1) is 12.7 Å². The molecule has 0 saturated carbocycles. The van der Waals surface area contributed by atoms with E-state index < -0.39 is 6.10 Å². The van der Waals surface area contributed by atoms with Gasteiger partial charge in [-0.3, -0.25) is 0 Å². The highest BCUT2D eigenvalue weighted by atomic mass is 19.1. The zero-order valence-electron chi connectivity index (χ0n) is 11.6. The number of aliphatic hydroxyl groups is 1. The van der Waals surface area contributed by atoms with Crippen molar-refractivity contribution in [1.82, 2.24) is 0 Å². The molecule has 1 atom stereocenters. The molecule has 2 N–H and O–H groups in total. The molecule has 21 heavy (non-hydrogen) atoms. The van der Waals surface area contributed by atoms with Crippen LogP contribution in [0.15, 0.2) is 36.4 Å². The number of nitrogens with one attached hydrogen (secondary N) is 1. The quantitative estimate of drug-likeness (QED) is 0.908. The first-order valence-electron chi connectivity index (χ1n) is 6.70. The molecule has 1 aliphatic heterocycles. The third-order valence-electron chi connectivity index (χ3n) is 3.32. The minimum atomic E-state index is -0.719. The number of benzene rings is 2. The molecular weight excluding hydrogens is 273 g/mol. The Bertz CT molecular complexity index is 640. The Morgan fingerprint density at radius 1 is 1.19 bits per heavy atom. The molecule has 5 heteroatoms. The van der Waals surface area contributed by atoms with Crippen LogP contribution in [0.1, 0.15) is 17.2 Å². The molecule has 0 amide bonds. The second-order valence-electron chi connectivity index (χ2n) is 5.03. The van der Waals surface area contributed by atoms with Gasteiger partial charge in [-0.2, -0.15) is 0 Å². The van der Waals surface area contributed by atoms with Crippen LogP contribution < -0.4 is 14.8 Å². The molecule has 0 bridgehead atoms. The van der Waals surface area contributed by atoms with E-state index in [1.807, 2.05) is 13.0 Å². The summed E-state index contributed by atoms with van der Waals surface area (Å²) in [5.41, 5.74) is 2.20. The van der Waals surface area contributed by atoms with E-state index in [4.69, 9.17) is 9.47 Å². The van der Waals surface area contributed by atoms with Gasteiger partial charge in [0.1, 0.15) is 5.82 Å². The van der Waals surface area contributed by atoms with Gasteiger partial charge in [-0.1, -0.05) is 6.07 Å². The molecule has 0 radical (unpaired) electrons. The van der Waals surface area contributed by atoms with Crippen molar-refractivity contribution in [2.75, 3.05) is 18.7 Å². The van der Waals surface area contributed by atoms with Gasteiger partial charge >= 0.3 is 0 Å². The highest BCUT2D eigenvalue weighted by molar-refractivity contribution is 5.48. The number of hydrogen-bond acceptors (Lipinski definition) is 4. The summed E-state index contributed by atoms with van der Waals surface area (Å²) >= 11 is 0. The number of hydrogen-bond donors (Lipinski definition) is 2. The smallest absolute Gasteiger partial charge is 0.231 e. The fourth-order valence-electron chi connectivity index (χ4n) is 2.29. The minimum absolute atomic E-state index is 0.204. The Balaban J connectivity index is 1.67. The zero-order valence-corrected chi connectivity index (χ0v) is 11.6. The number of aliphatic hydroxyl groups excluding tert-OH is 1. The van der Waals surface area contributed by atoms with Gasteiger partial charge in [0.05, 0.1) is 6.10 Å². The monoisotopic (exact) mass is 289 g/mol. The molecule has 0 fully saturated rings. The maximum atomic E-state index is 13.3. The molecule has 0 spiro atoms. The van der Waals surface area contributed by atoms with E-state index in [2.05, 4.69) is 5.32 Å². The van der Waals surface area contributed by atoms with Crippen molar-refractivity contribution >= 4 is 5.69 Å². The van der Waals surface area contributed by atoms with Gasteiger partial charge in [-0.15, -0.1) is 0 Å². The molecule has 1 aliphatic rings. The summed E-state index contributed by atoms with van der Waals surface area (Å²) in [6, 6.07) is 10.0. The van der Waals surface area contributed by atoms with Crippen molar-refractivity contribution in [2.24, 2.45) is 0 Å². The number of fused-ring (bicyclic) bond motifs is 1. The lowest BCUT2D eigenvalue weighted by Crippen LogP contribution is -2.12. The maximum absolute atomic E-state index is 13.3. The summed E-state index contributed by atoms with van der Waals surface area (Å²) in [5.74, 6) is 1.02. The summed E-state index contributed by atoms with van der Waals surface area (Å²) in [6.07, 6.45) is -0.719. The van der Waals surface area contributed by atoms with Gasteiger partial charge in [0.25, 0.3) is 0 Å². The Morgan fingerprint density at radius 3 is 2.81 bits per heavy atom. The van der Waals surface area contributed by atoms with E-state index in [-0.39, 0.29) is 19.2 Å². The van der Waals surface area contributed by atoms with E-state index >= 15 is 0 Å². The van der Waals surface area contributed by atoms with Crippen LogP contribution in [0.25, 0.3) is 0 Å². The molecule has 4 nitrogen and oxygen atoms in total. The summed E-state index contributed by atoms with van der Waals surface area (Å²) in [5, 5.41) is 13.2. The molecule has 2 aromatic carbocycles. The van der Waals surface area contributed by atoms with Gasteiger partial charge in [-0.05, 0) is 48.4 Å². The van der Waals surface area contributed by atoms with Crippen molar-refractivity contribution in [1.29, 1.82) is 0 Å². The molecule has 0 saturated heterocycles.